The first-order valence-electron chi connectivity index (χ1n) is 8.43. The summed E-state index contributed by atoms with van der Waals surface area (Å²) in [5.41, 5.74) is 1.39. The van der Waals surface area contributed by atoms with E-state index in [2.05, 4.69) is 4.98 Å². The van der Waals surface area contributed by atoms with Crippen molar-refractivity contribution in [1.29, 1.82) is 0 Å². The minimum Gasteiger partial charge on any atom is -0.445 e. The Labute approximate surface area is 159 Å². The van der Waals surface area contributed by atoms with Crippen LogP contribution in [0.4, 0.5) is 10.6 Å². The van der Waals surface area contributed by atoms with Gasteiger partial charge in [-0.3, -0.25) is 4.57 Å². The summed E-state index contributed by atoms with van der Waals surface area (Å²) in [6.45, 7) is 3.13. The minimum absolute atomic E-state index is 0.0208. The molecule has 1 unspecified atom stereocenters. The van der Waals surface area contributed by atoms with Gasteiger partial charge < -0.3 is 24.5 Å². The number of hydrogen-bond acceptors (Lipinski definition) is 6. The average molecular weight is 393 g/mol. The number of amides is 1. The Morgan fingerprint density at radius 1 is 1.48 bits per heavy atom. The number of nitrogens with zero attached hydrogens (tertiary/aromatic N) is 4. The molecule has 0 fully saturated rings. The summed E-state index contributed by atoms with van der Waals surface area (Å²) in [4.78, 5) is 28.1. The lowest BCUT2D eigenvalue weighted by Gasteiger charge is -2.29. The molecule has 1 aromatic heterocycles. The van der Waals surface area contributed by atoms with E-state index in [1.165, 1.54) is 6.20 Å². The van der Waals surface area contributed by atoms with Crippen LogP contribution >= 0.6 is 11.6 Å². The van der Waals surface area contributed by atoms with Crippen molar-refractivity contribution in [3.8, 4) is 6.01 Å². The molecule has 3 heterocycles. The zero-order chi connectivity index (χ0) is 19.2. The van der Waals surface area contributed by atoms with E-state index in [1.807, 2.05) is 18.2 Å². The minimum atomic E-state index is -0.811. The SMILES string of the molecule is CC1(COC(=O)N2CCc3cc(Cl)ccc3C2)Cn2cc([N+](=O)[O-])nc2O1. The van der Waals surface area contributed by atoms with Crippen LogP contribution < -0.4 is 4.74 Å². The molecule has 0 spiro atoms. The van der Waals surface area contributed by atoms with E-state index in [4.69, 9.17) is 21.1 Å². The zero-order valence-electron chi connectivity index (χ0n) is 14.6. The number of ether oxygens (including phenoxy) is 2. The number of imidazole rings is 1. The second-order valence-corrected chi connectivity index (χ2v) is 7.39. The third-order valence-electron chi connectivity index (χ3n) is 4.70. The van der Waals surface area contributed by atoms with Crippen LogP contribution in [0.25, 0.3) is 0 Å². The second kappa shape index (κ2) is 6.41. The predicted octanol–water partition coefficient (Wildman–Crippen LogP) is 2.79. The lowest BCUT2D eigenvalue weighted by Crippen LogP contribution is -2.42. The van der Waals surface area contributed by atoms with Crippen molar-refractivity contribution in [2.24, 2.45) is 0 Å². The highest BCUT2D eigenvalue weighted by Crippen LogP contribution is 2.31. The van der Waals surface area contributed by atoms with Gasteiger partial charge in [0.2, 0.25) is 0 Å². The fourth-order valence-corrected chi connectivity index (χ4v) is 3.53. The van der Waals surface area contributed by atoms with Crippen LogP contribution in [0, 0.1) is 10.1 Å². The van der Waals surface area contributed by atoms with Gasteiger partial charge in [-0.25, -0.2) is 4.79 Å². The van der Waals surface area contributed by atoms with Gasteiger partial charge >= 0.3 is 17.9 Å². The van der Waals surface area contributed by atoms with E-state index in [9.17, 15) is 14.9 Å². The molecule has 0 saturated carbocycles. The molecule has 0 N–H and O–H groups in total. The molecular weight excluding hydrogens is 376 g/mol. The number of fused-ring (bicyclic) bond motifs is 2. The number of benzene rings is 1. The van der Waals surface area contributed by atoms with Gasteiger partial charge in [0, 0.05) is 23.1 Å². The molecular formula is C17H17ClN4O5. The molecule has 0 radical (unpaired) electrons. The van der Waals surface area contributed by atoms with E-state index in [1.54, 1.807) is 16.4 Å². The summed E-state index contributed by atoms with van der Waals surface area (Å²) >= 11 is 6.01. The van der Waals surface area contributed by atoms with E-state index in [-0.39, 0.29) is 18.4 Å². The zero-order valence-corrected chi connectivity index (χ0v) is 15.3. The van der Waals surface area contributed by atoms with Crippen molar-refractivity contribution in [2.75, 3.05) is 13.2 Å². The van der Waals surface area contributed by atoms with Crippen LogP contribution in [0.15, 0.2) is 24.4 Å². The molecule has 0 aliphatic carbocycles. The van der Waals surface area contributed by atoms with Crippen molar-refractivity contribution in [3.63, 3.8) is 0 Å². The maximum atomic E-state index is 12.4. The maximum Gasteiger partial charge on any atom is 0.415 e. The molecule has 0 bridgehead atoms. The number of aromatic nitrogens is 2. The largest absolute Gasteiger partial charge is 0.445 e. The van der Waals surface area contributed by atoms with Gasteiger partial charge in [-0.15, -0.1) is 0 Å². The monoisotopic (exact) mass is 392 g/mol. The van der Waals surface area contributed by atoms with E-state index >= 15 is 0 Å². The lowest BCUT2D eigenvalue weighted by atomic mass is 10.0. The number of carbonyl (C=O) groups is 1. The molecule has 1 aromatic carbocycles. The first-order chi connectivity index (χ1) is 12.8. The van der Waals surface area contributed by atoms with Gasteiger partial charge in [-0.1, -0.05) is 17.7 Å². The summed E-state index contributed by atoms with van der Waals surface area (Å²) in [7, 11) is 0. The Hall–Kier alpha value is -2.81. The predicted molar refractivity (Wildman–Crippen MR) is 94.8 cm³/mol. The highest BCUT2D eigenvalue weighted by atomic mass is 35.5. The topological polar surface area (TPSA) is 99.7 Å². The highest BCUT2D eigenvalue weighted by molar-refractivity contribution is 6.30. The number of nitro groups is 1. The fourth-order valence-electron chi connectivity index (χ4n) is 3.34. The molecule has 4 rings (SSSR count). The average Bonchev–Trinajstić information content (AvgIpc) is 3.15. The van der Waals surface area contributed by atoms with Gasteiger partial charge in [0.05, 0.1) is 6.54 Å². The summed E-state index contributed by atoms with van der Waals surface area (Å²) in [5, 5.41) is 11.4. The van der Waals surface area contributed by atoms with Gasteiger partial charge in [0.1, 0.15) is 12.8 Å². The lowest BCUT2D eigenvalue weighted by molar-refractivity contribution is -0.389. The molecule has 9 nitrogen and oxygen atoms in total. The number of rotatable bonds is 3. The van der Waals surface area contributed by atoms with E-state index in [0.29, 0.717) is 24.7 Å². The van der Waals surface area contributed by atoms with Gasteiger partial charge in [-0.05, 0) is 41.5 Å². The number of hydrogen-bond donors (Lipinski definition) is 0. The maximum absolute atomic E-state index is 12.4. The molecule has 142 valence electrons. The molecule has 10 heteroatoms. The van der Waals surface area contributed by atoms with Crippen LogP contribution in [0.2, 0.25) is 5.02 Å². The van der Waals surface area contributed by atoms with E-state index in [0.717, 1.165) is 17.5 Å². The number of carbonyl (C=O) groups excluding carboxylic acids is 1. The Morgan fingerprint density at radius 2 is 2.30 bits per heavy atom. The van der Waals surface area contributed by atoms with Crippen molar-refractivity contribution in [1.82, 2.24) is 14.5 Å². The molecule has 1 amide bonds. The molecule has 27 heavy (non-hydrogen) atoms. The first kappa shape index (κ1) is 17.6. The van der Waals surface area contributed by atoms with Crippen LogP contribution in [-0.4, -0.2) is 44.2 Å². The van der Waals surface area contributed by atoms with Crippen LogP contribution in [-0.2, 0) is 24.2 Å². The normalized spacial score (nSPS) is 20.6. The van der Waals surface area contributed by atoms with Crippen LogP contribution in [0.3, 0.4) is 0 Å². The summed E-state index contributed by atoms with van der Waals surface area (Å²) in [5.74, 6) is -0.267. The Bertz CT molecular complexity index is 905. The molecule has 2 aliphatic rings. The Morgan fingerprint density at radius 3 is 3.04 bits per heavy atom. The number of halogens is 1. The van der Waals surface area contributed by atoms with Crippen molar-refractivity contribution < 1.29 is 19.2 Å². The van der Waals surface area contributed by atoms with Crippen molar-refractivity contribution >= 4 is 23.5 Å². The summed E-state index contributed by atoms with van der Waals surface area (Å²) in [6, 6.07) is 5.81. The van der Waals surface area contributed by atoms with Crippen LogP contribution in [0.1, 0.15) is 18.1 Å². The van der Waals surface area contributed by atoms with Gasteiger partial charge in [-0.2, -0.15) is 0 Å². The third kappa shape index (κ3) is 3.42. The Kier molecular flexibility index (Phi) is 4.18. The van der Waals surface area contributed by atoms with Crippen molar-refractivity contribution in [2.45, 2.75) is 32.0 Å². The molecule has 0 saturated heterocycles. The smallest absolute Gasteiger partial charge is 0.415 e. The highest BCUT2D eigenvalue weighted by Gasteiger charge is 2.41. The first-order valence-corrected chi connectivity index (χ1v) is 8.80. The molecule has 1 atom stereocenters. The molecule has 2 aromatic rings. The Balaban J connectivity index is 1.35. The third-order valence-corrected chi connectivity index (χ3v) is 4.93. The summed E-state index contributed by atoms with van der Waals surface area (Å²) < 4.78 is 12.7. The summed E-state index contributed by atoms with van der Waals surface area (Å²) in [6.07, 6.45) is 1.61. The molecule has 2 aliphatic heterocycles. The standard InChI is InChI=1S/C17H17ClN4O5/c1-17(9-21-8-14(22(24)25)19-15(21)27-17)10-26-16(23)20-5-4-11-6-13(18)3-2-12(11)7-20/h2-3,6,8H,4-5,7,9-10H2,1H3. The van der Waals surface area contributed by atoms with Gasteiger partial charge in [0.25, 0.3) is 0 Å². The fraction of sp³-hybridized carbons (Fsp3) is 0.412. The second-order valence-electron chi connectivity index (χ2n) is 6.96. The van der Waals surface area contributed by atoms with Crippen molar-refractivity contribution in [3.05, 3.63) is 50.7 Å². The van der Waals surface area contributed by atoms with Crippen LogP contribution in [0.5, 0.6) is 6.01 Å². The quantitative estimate of drug-likeness (QED) is 0.588. The van der Waals surface area contributed by atoms with Gasteiger partial charge in [0.15, 0.2) is 5.60 Å². The van der Waals surface area contributed by atoms with E-state index < -0.39 is 16.6 Å².